The Morgan fingerprint density at radius 1 is 0.964 bits per heavy atom. The van der Waals surface area contributed by atoms with Crippen LogP contribution in [0.3, 0.4) is 0 Å². The van der Waals surface area contributed by atoms with Gasteiger partial charge in [-0.2, -0.15) is 0 Å². The summed E-state index contributed by atoms with van der Waals surface area (Å²) >= 11 is 6.10. The molecule has 1 N–H and O–H groups in total. The lowest BCUT2D eigenvalue weighted by Gasteiger charge is -2.33. The molecule has 0 fully saturated rings. The van der Waals surface area contributed by atoms with E-state index < -0.39 is 0 Å². The first-order chi connectivity index (χ1) is 13.7. The quantitative estimate of drug-likeness (QED) is 0.441. The topological polar surface area (TPSA) is 29.9 Å². The molecule has 0 radical (unpaired) electrons. The van der Waals surface area contributed by atoms with Gasteiger partial charge in [-0.1, -0.05) is 67.1 Å². The molecule has 140 valence electrons. The number of aryl methyl sites for hydroxylation is 1. The summed E-state index contributed by atoms with van der Waals surface area (Å²) < 4.78 is 2.35. The van der Waals surface area contributed by atoms with Crippen LogP contribution >= 0.6 is 11.6 Å². The Morgan fingerprint density at radius 2 is 1.68 bits per heavy atom. The molecule has 1 aliphatic heterocycles. The number of hydrogen-bond acceptors (Lipinski definition) is 2. The molecular weight excluding hydrogens is 366 g/mol. The third-order valence-electron chi connectivity index (χ3n) is 5.71. The summed E-state index contributed by atoms with van der Waals surface area (Å²) in [6.45, 7) is 2.19. The van der Waals surface area contributed by atoms with Crippen molar-refractivity contribution in [1.82, 2.24) is 9.55 Å². The van der Waals surface area contributed by atoms with Crippen LogP contribution in [0.25, 0.3) is 11.0 Å². The van der Waals surface area contributed by atoms with E-state index >= 15 is 0 Å². The third kappa shape index (κ3) is 2.96. The molecule has 2 atom stereocenters. The molecule has 0 unspecified atom stereocenters. The summed E-state index contributed by atoms with van der Waals surface area (Å²) in [6, 6.07) is 25.9. The Kier molecular flexibility index (Phi) is 4.33. The molecule has 0 aliphatic carbocycles. The number of fused-ring (bicyclic) bond motifs is 3. The van der Waals surface area contributed by atoms with E-state index in [1.807, 2.05) is 18.2 Å². The highest BCUT2D eigenvalue weighted by Gasteiger charge is 2.30. The highest BCUT2D eigenvalue weighted by molar-refractivity contribution is 6.30. The highest BCUT2D eigenvalue weighted by Crippen LogP contribution is 2.41. The Morgan fingerprint density at radius 3 is 2.43 bits per heavy atom. The van der Waals surface area contributed by atoms with E-state index in [0.29, 0.717) is 0 Å². The average Bonchev–Trinajstić information content (AvgIpc) is 3.12. The molecule has 0 saturated heterocycles. The van der Waals surface area contributed by atoms with Crippen molar-refractivity contribution in [2.45, 2.75) is 31.8 Å². The lowest BCUT2D eigenvalue weighted by Crippen LogP contribution is -2.27. The van der Waals surface area contributed by atoms with E-state index in [4.69, 9.17) is 16.6 Å². The number of aromatic nitrogens is 2. The van der Waals surface area contributed by atoms with Gasteiger partial charge in [-0.15, -0.1) is 0 Å². The Labute approximate surface area is 170 Å². The monoisotopic (exact) mass is 387 g/mol. The van der Waals surface area contributed by atoms with Gasteiger partial charge in [-0.25, -0.2) is 4.98 Å². The summed E-state index contributed by atoms with van der Waals surface area (Å²) in [4.78, 5) is 4.88. The summed E-state index contributed by atoms with van der Waals surface area (Å²) in [5.41, 5.74) is 6.11. The molecule has 5 rings (SSSR count). The van der Waals surface area contributed by atoms with Gasteiger partial charge in [0, 0.05) is 5.02 Å². The van der Waals surface area contributed by atoms with Crippen molar-refractivity contribution in [2.75, 3.05) is 5.32 Å². The largest absolute Gasteiger partial charge is 0.349 e. The van der Waals surface area contributed by atoms with Gasteiger partial charge in [0.15, 0.2) is 0 Å². The second-order valence-electron chi connectivity index (χ2n) is 7.39. The summed E-state index contributed by atoms with van der Waals surface area (Å²) in [7, 11) is 0. The summed E-state index contributed by atoms with van der Waals surface area (Å²) in [5, 5.41) is 4.42. The van der Waals surface area contributed by atoms with Crippen LogP contribution in [0.4, 0.5) is 5.95 Å². The first kappa shape index (κ1) is 17.3. The Hall–Kier alpha value is -2.78. The van der Waals surface area contributed by atoms with Crippen LogP contribution in [0.1, 0.15) is 42.1 Å². The van der Waals surface area contributed by atoms with Crippen molar-refractivity contribution < 1.29 is 0 Å². The van der Waals surface area contributed by atoms with Crippen molar-refractivity contribution in [2.24, 2.45) is 0 Å². The van der Waals surface area contributed by atoms with E-state index in [1.165, 1.54) is 22.2 Å². The fraction of sp³-hybridized carbons (Fsp3) is 0.208. The van der Waals surface area contributed by atoms with Crippen LogP contribution in [0.2, 0.25) is 5.02 Å². The number of nitrogens with one attached hydrogen (secondary N) is 1. The number of nitrogens with zero attached hydrogens (tertiary/aromatic N) is 2. The molecule has 3 nitrogen and oxygen atoms in total. The van der Waals surface area contributed by atoms with Crippen molar-refractivity contribution in [3.63, 3.8) is 0 Å². The zero-order valence-corrected chi connectivity index (χ0v) is 16.5. The molecule has 4 aromatic rings. The molecule has 0 saturated carbocycles. The van der Waals surface area contributed by atoms with Gasteiger partial charge < -0.3 is 9.88 Å². The van der Waals surface area contributed by atoms with Crippen LogP contribution in [-0.4, -0.2) is 9.55 Å². The van der Waals surface area contributed by atoms with E-state index in [9.17, 15) is 0 Å². The lowest BCUT2D eigenvalue weighted by molar-refractivity contribution is 0.477. The molecule has 28 heavy (non-hydrogen) atoms. The minimum absolute atomic E-state index is 0.192. The number of imidazole rings is 1. The van der Waals surface area contributed by atoms with Crippen LogP contribution in [0, 0.1) is 0 Å². The van der Waals surface area contributed by atoms with Gasteiger partial charge in [-0.3, -0.25) is 0 Å². The van der Waals surface area contributed by atoms with Gasteiger partial charge in [0.1, 0.15) is 0 Å². The zero-order chi connectivity index (χ0) is 19.1. The predicted octanol–water partition coefficient (Wildman–Crippen LogP) is 6.40. The normalized spacial score (nSPS) is 18.6. The van der Waals surface area contributed by atoms with Crippen molar-refractivity contribution >= 4 is 28.6 Å². The highest BCUT2D eigenvalue weighted by atomic mass is 35.5. The second kappa shape index (κ2) is 6.99. The molecular formula is C24H22ClN3. The SMILES string of the molecule is CCc1ccc([C@@H]2C[C@@H](c3ccc(Cl)cc3)Nc3nc4ccccc4n32)cc1. The molecule has 1 aliphatic rings. The van der Waals surface area contributed by atoms with E-state index in [0.717, 1.165) is 29.3 Å². The number of benzene rings is 3. The first-order valence-electron chi connectivity index (χ1n) is 9.80. The van der Waals surface area contributed by atoms with Crippen LogP contribution in [0.5, 0.6) is 0 Å². The molecule has 3 aromatic carbocycles. The van der Waals surface area contributed by atoms with E-state index in [-0.39, 0.29) is 12.1 Å². The van der Waals surface area contributed by atoms with E-state index in [1.54, 1.807) is 0 Å². The molecule has 0 spiro atoms. The van der Waals surface area contributed by atoms with Gasteiger partial charge in [0.2, 0.25) is 5.95 Å². The van der Waals surface area contributed by atoms with Crippen molar-refractivity contribution in [3.05, 3.63) is 94.5 Å². The predicted molar refractivity (Wildman–Crippen MR) is 116 cm³/mol. The first-order valence-corrected chi connectivity index (χ1v) is 10.2. The van der Waals surface area contributed by atoms with Gasteiger partial charge in [0.25, 0.3) is 0 Å². The molecule has 0 amide bonds. The third-order valence-corrected chi connectivity index (χ3v) is 5.97. The number of para-hydroxylation sites is 2. The van der Waals surface area contributed by atoms with Gasteiger partial charge in [0.05, 0.1) is 23.1 Å². The number of anilines is 1. The standard InChI is InChI=1S/C24H22ClN3/c1-2-16-7-9-18(10-8-16)23-15-21(17-11-13-19(25)14-12-17)27-24-26-20-5-3-4-6-22(20)28(23)24/h3-14,21,23H,2,15H2,1H3,(H,26,27)/t21-,23-/m0/s1. The molecule has 2 heterocycles. The van der Waals surface area contributed by atoms with Gasteiger partial charge in [-0.05, 0) is 53.8 Å². The zero-order valence-electron chi connectivity index (χ0n) is 15.8. The number of rotatable bonds is 3. The van der Waals surface area contributed by atoms with Crippen LogP contribution < -0.4 is 5.32 Å². The van der Waals surface area contributed by atoms with Crippen molar-refractivity contribution in [1.29, 1.82) is 0 Å². The van der Waals surface area contributed by atoms with Gasteiger partial charge >= 0.3 is 0 Å². The fourth-order valence-corrected chi connectivity index (χ4v) is 4.31. The number of halogens is 1. The van der Waals surface area contributed by atoms with E-state index in [2.05, 4.69) is 71.4 Å². The molecule has 4 heteroatoms. The minimum Gasteiger partial charge on any atom is -0.349 e. The van der Waals surface area contributed by atoms with Crippen LogP contribution in [-0.2, 0) is 6.42 Å². The Balaban J connectivity index is 1.63. The second-order valence-corrected chi connectivity index (χ2v) is 7.83. The Bertz CT molecular complexity index is 1110. The minimum atomic E-state index is 0.192. The average molecular weight is 388 g/mol. The maximum Gasteiger partial charge on any atom is 0.204 e. The maximum atomic E-state index is 6.10. The van der Waals surface area contributed by atoms with Crippen LogP contribution in [0.15, 0.2) is 72.8 Å². The molecule has 1 aromatic heterocycles. The summed E-state index contributed by atoms with van der Waals surface area (Å²) in [6.07, 6.45) is 2.01. The fourth-order valence-electron chi connectivity index (χ4n) is 4.18. The number of hydrogen-bond donors (Lipinski definition) is 1. The van der Waals surface area contributed by atoms with Crippen molar-refractivity contribution in [3.8, 4) is 0 Å². The lowest BCUT2D eigenvalue weighted by atomic mass is 9.92. The molecule has 0 bridgehead atoms. The maximum absolute atomic E-state index is 6.10. The smallest absolute Gasteiger partial charge is 0.204 e. The summed E-state index contributed by atoms with van der Waals surface area (Å²) in [5.74, 6) is 0.928.